The summed E-state index contributed by atoms with van der Waals surface area (Å²) < 4.78 is 0. The molecule has 1 aromatic heterocycles. The van der Waals surface area contributed by atoms with E-state index in [1.807, 2.05) is 0 Å². The maximum atomic E-state index is 14.4. The number of nitrogens with two attached hydrogens (primary N) is 1. The smallest absolute Gasteiger partial charge is 0.270 e. The zero-order chi connectivity index (χ0) is 35.6. The lowest BCUT2D eigenvalue weighted by atomic mass is 9.57. The Morgan fingerprint density at radius 2 is 1.84 bits per heavy atom. The highest BCUT2D eigenvalue weighted by Gasteiger charge is 2.51. The quantitative estimate of drug-likeness (QED) is 0.103. The number of carbonyl (C=O) groups excluding carboxylic acids is 2. The highest BCUT2D eigenvalue weighted by Crippen LogP contribution is 2.50. The minimum absolute atomic E-state index is 0.0493. The molecule has 5 unspecified atom stereocenters. The number of hydrogen-bond donors (Lipinski definition) is 3. The van der Waals surface area contributed by atoms with Crippen LogP contribution in [0, 0.1) is 27.9 Å². The molecule has 2 aromatic carbocycles. The molecule has 1 aliphatic carbocycles. The third-order valence-corrected chi connectivity index (χ3v) is 10.9. The Kier molecular flexibility index (Phi) is 12.3. The number of pyridine rings is 1. The largest absolute Gasteiger partial charge is 0.357 e. The number of allylic oxidation sites excluding steroid dienone is 4. The minimum atomic E-state index is -1.56. The molecule has 0 bridgehead atoms. The van der Waals surface area contributed by atoms with Crippen molar-refractivity contribution in [1.29, 1.82) is 0 Å². The number of likely N-dealkylation sites (N-methyl/N-ethyl adjacent to an activating group) is 1. The molecule has 1 aliphatic heterocycles. The summed E-state index contributed by atoms with van der Waals surface area (Å²) in [5.74, 6) is -0.592. The van der Waals surface area contributed by atoms with Gasteiger partial charge in [-0.25, -0.2) is 0 Å². The van der Waals surface area contributed by atoms with E-state index in [4.69, 9.17) is 5.73 Å². The number of amides is 2. The van der Waals surface area contributed by atoms with Crippen LogP contribution in [0.25, 0.3) is 0 Å². The highest BCUT2D eigenvalue weighted by molar-refractivity contribution is 5.98. The Hall–Kier alpha value is -4.67. The van der Waals surface area contributed by atoms with Crippen molar-refractivity contribution in [3.8, 4) is 0 Å². The van der Waals surface area contributed by atoms with Crippen LogP contribution in [0.2, 0.25) is 0 Å². The van der Waals surface area contributed by atoms with Crippen LogP contribution in [0.5, 0.6) is 0 Å². The van der Waals surface area contributed by atoms with E-state index in [0.29, 0.717) is 36.9 Å². The van der Waals surface area contributed by atoms with Gasteiger partial charge in [0.1, 0.15) is 11.2 Å². The van der Waals surface area contributed by atoms with Gasteiger partial charge in [0, 0.05) is 49.8 Å². The van der Waals surface area contributed by atoms with Gasteiger partial charge in [-0.1, -0.05) is 80.5 Å². The van der Waals surface area contributed by atoms with Crippen LogP contribution >= 0.6 is 0 Å². The van der Waals surface area contributed by atoms with E-state index in [-0.39, 0.29) is 16.8 Å². The molecule has 5 rings (SSSR count). The third kappa shape index (κ3) is 7.56. The molecule has 0 saturated carbocycles. The van der Waals surface area contributed by atoms with Crippen molar-refractivity contribution in [3.63, 3.8) is 0 Å². The Morgan fingerprint density at radius 3 is 2.46 bits per heavy atom. The zero-order valence-electron chi connectivity index (χ0n) is 29.2. The molecule has 50 heavy (non-hydrogen) atoms. The van der Waals surface area contributed by atoms with Crippen LogP contribution in [-0.4, -0.2) is 59.8 Å². The number of nitrogens with zero attached hydrogens (tertiary/aromatic N) is 3. The summed E-state index contributed by atoms with van der Waals surface area (Å²) in [6.07, 6.45) is 15.5. The summed E-state index contributed by atoms with van der Waals surface area (Å²) in [5, 5.41) is 17.6. The number of likely N-dealkylation sites (tertiary alicyclic amines) is 1. The predicted octanol–water partition coefficient (Wildman–Crippen LogP) is 5.91. The van der Waals surface area contributed by atoms with Crippen molar-refractivity contribution in [2.75, 3.05) is 33.2 Å². The summed E-state index contributed by atoms with van der Waals surface area (Å²) >= 11 is 0. The first-order valence-electron chi connectivity index (χ1n) is 17.8. The fourth-order valence-electron chi connectivity index (χ4n) is 8.42. The third-order valence-electron chi connectivity index (χ3n) is 10.9. The van der Waals surface area contributed by atoms with E-state index in [2.05, 4.69) is 82.1 Å². The lowest BCUT2D eigenvalue weighted by Gasteiger charge is -2.53. The topological polar surface area (TPSA) is 143 Å². The molecule has 0 spiro atoms. The van der Waals surface area contributed by atoms with E-state index in [1.165, 1.54) is 23.9 Å². The molecule has 10 nitrogen and oxygen atoms in total. The van der Waals surface area contributed by atoms with Gasteiger partial charge in [0.05, 0.1) is 4.92 Å². The number of aromatic nitrogens is 1. The number of rotatable bonds is 15. The number of nitro groups is 1. The molecule has 4 N–H and O–H groups in total. The molecule has 264 valence electrons. The van der Waals surface area contributed by atoms with Crippen molar-refractivity contribution in [1.82, 2.24) is 20.5 Å². The predicted molar refractivity (Wildman–Crippen MR) is 196 cm³/mol. The van der Waals surface area contributed by atoms with E-state index in [1.54, 1.807) is 37.4 Å². The van der Waals surface area contributed by atoms with Gasteiger partial charge >= 0.3 is 0 Å². The number of unbranched alkanes of at least 4 members (excludes halogenated alkanes) is 1. The fourth-order valence-corrected chi connectivity index (χ4v) is 8.42. The van der Waals surface area contributed by atoms with Gasteiger partial charge in [-0.3, -0.25) is 24.7 Å². The SMILES string of the molecule is CCC1CN(CC(CCCCN)C(NC(=O)c2ccccn2)(C(=O)NC)c2ccc([N+](=O)[O-])cc2)CCC1(c1ccccc1)C1C=CC=CC1. The summed E-state index contributed by atoms with van der Waals surface area (Å²) in [7, 11) is 1.56. The Morgan fingerprint density at radius 1 is 1.08 bits per heavy atom. The first kappa shape index (κ1) is 36.6. The summed E-state index contributed by atoms with van der Waals surface area (Å²) in [6.45, 7) is 4.93. The molecular weight excluding hydrogens is 628 g/mol. The van der Waals surface area contributed by atoms with Gasteiger partial charge in [0.15, 0.2) is 0 Å². The molecule has 2 amide bonds. The van der Waals surface area contributed by atoms with Gasteiger partial charge in [-0.05, 0) is 86.0 Å². The second kappa shape index (κ2) is 16.8. The first-order chi connectivity index (χ1) is 24.3. The second-order valence-electron chi connectivity index (χ2n) is 13.5. The molecule has 10 heteroatoms. The molecule has 2 heterocycles. The number of nitrogens with one attached hydrogen (secondary N) is 2. The first-order valence-corrected chi connectivity index (χ1v) is 17.8. The molecule has 1 fully saturated rings. The molecule has 5 atom stereocenters. The second-order valence-corrected chi connectivity index (χ2v) is 13.5. The van der Waals surface area contributed by atoms with Crippen LogP contribution < -0.4 is 16.4 Å². The summed E-state index contributed by atoms with van der Waals surface area (Å²) in [6, 6.07) is 21.9. The number of carbonyl (C=O) groups is 2. The monoisotopic (exact) mass is 678 g/mol. The van der Waals surface area contributed by atoms with Crippen LogP contribution in [0.15, 0.2) is 103 Å². The standard InChI is InChI=1S/C40H50N6O4/c1-3-30-28-45(27-24-39(30,31-14-6-4-7-15-31)32-16-8-5-9-17-32)29-34(18-10-12-25-41)40(38(48)42-2,33-20-22-35(23-21-33)46(49)50)44-37(47)36-19-11-13-26-43-36/h4-9,11,13-16,19-23,26,30,32,34H,3,10,12,17-18,24-25,27-29,41H2,1-2H3,(H,42,48)(H,44,47). The van der Waals surface area contributed by atoms with Crippen molar-refractivity contribution < 1.29 is 14.5 Å². The van der Waals surface area contributed by atoms with E-state index < -0.39 is 28.2 Å². The van der Waals surface area contributed by atoms with Crippen LogP contribution in [0.1, 0.15) is 67.1 Å². The molecular formula is C40H50N6O4. The Balaban J connectivity index is 1.57. The van der Waals surface area contributed by atoms with Crippen molar-refractivity contribution in [2.24, 2.45) is 23.5 Å². The van der Waals surface area contributed by atoms with E-state index >= 15 is 0 Å². The van der Waals surface area contributed by atoms with E-state index in [9.17, 15) is 19.7 Å². The molecule has 1 saturated heterocycles. The number of piperidine rings is 1. The van der Waals surface area contributed by atoms with Crippen LogP contribution in [-0.2, 0) is 15.7 Å². The maximum Gasteiger partial charge on any atom is 0.270 e. The van der Waals surface area contributed by atoms with Crippen LogP contribution in [0.4, 0.5) is 5.69 Å². The van der Waals surface area contributed by atoms with Gasteiger partial charge in [-0.2, -0.15) is 0 Å². The number of benzene rings is 2. The maximum absolute atomic E-state index is 14.4. The van der Waals surface area contributed by atoms with Crippen LogP contribution in [0.3, 0.4) is 0 Å². The van der Waals surface area contributed by atoms with Gasteiger partial charge < -0.3 is 21.3 Å². The Bertz CT molecular complexity index is 1650. The Labute approximate surface area is 295 Å². The molecule has 0 radical (unpaired) electrons. The van der Waals surface area contributed by atoms with E-state index in [0.717, 1.165) is 45.2 Å². The lowest BCUT2D eigenvalue weighted by molar-refractivity contribution is -0.384. The highest BCUT2D eigenvalue weighted by atomic mass is 16.6. The van der Waals surface area contributed by atoms with Gasteiger partial charge in [0.25, 0.3) is 17.5 Å². The summed E-state index contributed by atoms with van der Waals surface area (Å²) in [5.41, 5.74) is 6.27. The zero-order valence-corrected chi connectivity index (χ0v) is 29.2. The van der Waals surface area contributed by atoms with Gasteiger partial charge in [-0.15, -0.1) is 0 Å². The molecule has 3 aromatic rings. The summed E-state index contributed by atoms with van der Waals surface area (Å²) in [4.78, 5) is 46.3. The minimum Gasteiger partial charge on any atom is -0.357 e. The fraction of sp³-hybridized carbons (Fsp3) is 0.425. The normalized spacial score (nSPS) is 22.3. The average Bonchev–Trinajstić information content (AvgIpc) is 3.17. The van der Waals surface area contributed by atoms with Crippen molar-refractivity contribution in [3.05, 3.63) is 130 Å². The van der Waals surface area contributed by atoms with Crippen molar-refractivity contribution in [2.45, 2.75) is 56.4 Å². The number of non-ortho nitro benzene ring substituents is 1. The average molecular weight is 679 g/mol. The van der Waals surface area contributed by atoms with Gasteiger partial charge in [0.2, 0.25) is 0 Å². The molecule has 2 aliphatic rings. The number of nitro benzene ring substituents is 1. The lowest BCUT2D eigenvalue weighted by Crippen LogP contribution is -2.63. The van der Waals surface area contributed by atoms with Crippen molar-refractivity contribution >= 4 is 17.5 Å². The number of hydrogen-bond acceptors (Lipinski definition) is 7.